The molecule has 15 heavy (non-hydrogen) atoms. The smallest absolute Gasteiger partial charge is 0.119 e. The molecule has 2 nitrogen and oxygen atoms in total. The minimum absolute atomic E-state index is 0.489. The Morgan fingerprint density at radius 3 is 2.80 bits per heavy atom. The summed E-state index contributed by atoms with van der Waals surface area (Å²) >= 11 is 0. The van der Waals surface area contributed by atoms with Crippen LogP contribution in [0, 0.1) is 0 Å². The molecule has 0 bridgehead atoms. The van der Waals surface area contributed by atoms with Crippen LogP contribution in [0.3, 0.4) is 0 Å². The zero-order valence-corrected chi connectivity index (χ0v) is 9.29. The lowest BCUT2D eigenvalue weighted by atomic mass is 9.96. The molecule has 0 aliphatic heterocycles. The summed E-state index contributed by atoms with van der Waals surface area (Å²) in [6.45, 7) is 1.24. The second kappa shape index (κ2) is 5.12. The van der Waals surface area contributed by atoms with Crippen molar-refractivity contribution in [3.05, 3.63) is 29.8 Å². The largest absolute Gasteiger partial charge is 0.497 e. The number of halogens is 1. The molecular weight excluding hydrogens is 193 g/mol. The van der Waals surface area contributed by atoms with Crippen molar-refractivity contribution in [3.63, 3.8) is 0 Å². The number of benzene rings is 1. The summed E-state index contributed by atoms with van der Waals surface area (Å²) in [6.07, 6.45) is 1.41. The number of hydrogen-bond donors (Lipinski definition) is 1. The van der Waals surface area contributed by atoms with Gasteiger partial charge in [-0.1, -0.05) is 12.1 Å². The lowest BCUT2D eigenvalue weighted by Crippen LogP contribution is -2.38. The Labute approximate surface area is 90.2 Å². The summed E-state index contributed by atoms with van der Waals surface area (Å²) in [5.41, 5.74) is 6.13. The van der Waals surface area contributed by atoms with Crippen LogP contribution in [-0.2, 0) is 6.42 Å². The zero-order valence-electron chi connectivity index (χ0n) is 9.29. The summed E-state index contributed by atoms with van der Waals surface area (Å²) < 4.78 is 17.6. The van der Waals surface area contributed by atoms with E-state index in [1.165, 1.54) is 0 Å². The van der Waals surface area contributed by atoms with E-state index in [0.29, 0.717) is 6.42 Å². The van der Waals surface area contributed by atoms with E-state index < -0.39 is 12.2 Å². The Balaban J connectivity index is 2.57. The van der Waals surface area contributed by atoms with E-state index in [4.69, 9.17) is 10.5 Å². The molecule has 0 heterocycles. The van der Waals surface area contributed by atoms with E-state index >= 15 is 0 Å². The Morgan fingerprint density at radius 2 is 2.20 bits per heavy atom. The molecule has 84 valence electrons. The van der Waals surface area contributed by atoms with E-state index in [1.54, 1.807) is 14.0 Å². The molecule has 0 amide bonds. The molecule has 0 spiro atoms. The normalized spacial score (nSPS) is 14.7. The summed E-state index contributed by atoms with van der Waals surface area (Å²) in [5.74, 6) is 0.825. The van der Waals surface area contributed by atoms with Crippen molar-refractivity contribution in [2.24, 2.45) is 5.73 Å². The number of ether oxygens (including phenoxy) is 1. The maximum Gasteiger partial charge on any atom is 0.119 e. The highest BCUT2D eigenvalue weighted by molar-refractivity contribution is 5.28. The summed E-state index contributed by atoms with van der Waals surface area (Å²) in [6, 6.07) is 7.77. The zero-order chi connectivity index (χ0) is 11.3. The maximum absolute atomic E-state index is 12.5. The average molecular weight is 211 g/mol. The second-order valence-electron chi connectivity index (χ2n) is 4.14. The Kier molecular flexibility index (Phi) is 4.09. The highest BCUT2D eigenvalue weighted by atomic mass is 19.1. The minimum atomic E-state index is -0.719. The fraction of sp³-hybridized carbons (Fsp3) is 0.500. The van der Waals surface area contributed by atoms with Crippen molar-refractivity contribution in [2.45, 2.75) is 25.3 Å². The van der Waals surface area contributed by atoms with Gasteiger partial charge in [-0.15, -0.1) is 0 Å². The van der Waals surface area contributed by atoms with Gasteiger partial charge in [0.25, 0.3) is 0 Å². The Hall–Kier alpha value is -1.09. The van der Waals surface area contributed by atoms with E-state index in [-0.39, 0.29) is 0 Å². The highest BCUT2D eigenvalue weighted by Crippen LogP contribution is 2.17. The predicted octanol–water partition coefficient (Wildman–Crippen LogP) is 2.31. The van der Waals surface area contributed by atoms with Gasteiger partial charge in [0.15, 0.2) is 0 Å². The van der Waals surface area contributed by atoms with Gasteiger partial charge in [0, 0.05) is 5.54 Å². The van der Waals surface area contributed by atoms with E-state index in [9.17, 15) is 4.39 Å². The maximum atomic E-state index is 12.5. The molecular formula is C12H18FNO. The van der Waals surface area contributed by atoms with E-state index in [2.05, 4.69) is 0 Å². The van der Waals surface area contributed by atoms with Crippen LogP contribution in [0.2, 0.25) is 0 Å². The SMILES string of the molecule is COc1cccc(CCC(C)(N)CF)c1. The molecule has 3 heteroatoms. The van der Waals surface area contributed by atoms with Crippen LogP contribution >= 0.6 is 0 Å². The number of rotatable bonds is 5. The first-order valence-electron chi connectivity index (χ1n) is 5.05. The molecule has 1 atom stereocenters. The monoisotopic (exact) mass is 211 g/mol. The molecule has 0 saturated heterocycles. The Morgan fingerprint density at radius 1 is 1.47 bits per heavy atom. The van der Waals surface area contributed by atoms with Crippen LogP contribution in [0.4, 0.5) is 4.39 Å². The van der Waals surface area contributed by atoms with Gasteiger partial charge in [0.2, 0.25) is 0 Å². The summed E-state index contributed by atoms with van der Waals surface area (Å²) in [7, 11) is 1.63. The molecule has 0 aromatic heterocycles. The first kappa shape index (κ1) is 12.0. The van der Waals surface area contributed by atoms with Gasteiger partial charge in [0.1, 0.15) is 12.4 Å². The molecule has 1 aromatic carbocycles. The molecule has 0 radical (unpaired) electrons. The number of nitrogens with two attached hydrogens (primary N) is 1. The van der Waals surface area contributed by atoms with Crippen LogP contribution in [0.15, 0.2) is 24.3 Å². The predicted molar refractivity (Wildman–Crippen MR) is 59.9 cm³/mol. The second-order valence-corrected chi connectivity index (χ2v) is 4.14. The molecule has 1 aromatic rings. The van der Waals surface area contributed by atoms with Crippen molar-refractivity contribution in [1.82, 2.24) is 0 Å². The lowest BCUT2D eigenvalue weighted by Gasteiger charge is -2.20. The van der Waals surface area contributed by atoms with Crippen molar-refractivity contribution in [2.75, 3.05) is 13.8 Å². The number of hydrogen-bond acceptors (Lipinski definition) is 2. The van der Waals surface area contributed by atoms with Crippen molar-refractivity contribution in [1.29, 1.82) is 0 Å². The van der Waals surface area contributed by atoms with Crippen LogP contribution in [0.5, 0.6) is 5.75 Å². The van der Waals surface area contributed by atoms with E-state index in [0.717, 1.165) is 17.7 Å². The van der Waals surface area contributed by atoms with Gasteiger partial charge in [-0.05, 0) is 37.5 Å². The molecule has 0 fully saturated rings. The summed E-state index contributed by atoms with van der Waals surface area (Å²) in [5, 5.41) is 0. The Bertz CT molecular complexity index is 312. The number of alkyl halides is 1. The minimum Gasteiger partial charge on any atom is -0.497 e. The first-order valence-corrected chi connectivity index (χ1v) is 5.05. The standard InChI is InChI=1S/C12H18FNO/c1-12(14,9-13)7-6-10-4-3-5-11(8-10)15-2/h3-5,8H,6-7,9,14H2,1-2H3. The van der Waals surface area contributed by atoms with Gasteiger partial charge in [-0.25, -0.2) is 4.39 Å². The first-order chi connectivity index (χ1) is 7.07. The van der Waals surface area contributed by atoms with Crippen molar-refractivity contribution < 1.29 is 9.13 Å². The number of aryl methyl sites for hydroxylation is 1. The molecule has 1 unspecified atom stereocenters. The number of methoxy groups -OCH3 is 1. The highest BCUT2D eigenvalue weighted by Gasteiger charge is 2.17. The van der Waals surface area contributed by atoms with Crippen molar-refractivity contribution in [3.8, 4) is 5.75 Å². The lowest BCUT2D eigenvalue weighted by molar-refractivity contribution is 0.311. The molecule has 0 saturated carbocycles. The van der Waals surface area contributed by atoms with Crippen LogP contribution < -0.4 is 10.5 Å². The van der Waals surface area contributed by atoms with Gasteiger partial charge in [-0.3, -0.25) is 0 Å². The van der Waals surface area contributed by atoms with Crippen LogP contribution in [0.1, 0.15) is 18.9 Å². The molecule has 0 aliphatic carbocycles. The third-order valence-corrected chi connectivity index (χ3v) is 2.42. The van der Waals surface area contributed by atoms with E-state index in [1.807, 2.05) is 24.3 Å². The fourth-order valence-corrected chi connectivity index (χ4v) is 1.32. The fourth-order valence-electron chi connectivity index (χ4n) is 1.32. The quantitative estimate of drug-likeness (QED) is 0.811. The molecule has 2 N–H and O–H groups in total. The summed E-state index contributed by atoms with van der Waals surface area (Å²) in [4.78, 5) is 0. The van der Waals surface area contributed by atoms with Gasteiger partial charge in [0.05, 0.1) is 7.11 Å². The van der Waals surface area contributed by atoms with Gasteiger partial charge in [-0.2, -0.15) is 0 Å². The van der Waals surface area contributed by atoms with Crippen LogP contribution in [0.25, 0.3) is 0 Å². The molecule has 1 rings (SSSR count). The average Bonchev–Trinajstić information content (AvgIpc) is 2.27. The van der Waals surface area contributed by atoms with Crippen molar-refractivity contribution >= 4 is 0 Å². The third kappa shape index (κ3) is 3.88. The van der Waals surface area contributed by atoms with Crippen LogP contribution in [-0.4, -0.2) is 19.3 Å². The topological polar surface area (TPSA) is 35.2 Å². The van der Waals surface area contributed by atoms with Gasteiger partial charge < -0.3 is 10.5 Å². The third-order valence-electron chi connectivity index (χ3n) is 2.42. The van der Waals surface area contributed by atoms with Gasteiger partial charge >= 0.3 is 0 Å². The molecule has 0 aliphatic rings.